The molecule has 31 heavy (non-hydrogen) atoms. The van der Waals surface area contributed by atoms with E-state index in [4.69, 9.17) is 0 Å². The summed E-state index contributed by atoms with van der Waals surface area (Å²) in [5.41, 5.74) is 3.80. The topological polar surface area (TPSA) is 92.2 Å². The summed E-state index contributed by atoms with van der Waals surface area (Å²) in [6.07, 6.45) is 1.38. The number of halogens is 3. The maximum absolute atomic E-state index is 12.9. The van der Waals surface area contributed by atoms with Gasteiger partial charge in [0.15, 0.2) is 0 Å². The first-order valence-electron chi connectivity index (χ1n) is 9.44. The number of rotatable bonds is 4. The first kappa shape index (κ1) is 20.6. The van der Waals surface area contributed by atoms with Gasteiger partial charge in [-0.15, -0.1) is 0 Å². The van der Waals surface area contributed by atoms with Gasteiger partial charge in [-0.05, 0) is 30.2 Å². The van der Waals surface area contributed by atoms with Crippen LogP contribution in [-0.4, -0.2) is 46.3 Å². The third-order valence-electron chi connectivity index (χ3n) is 5.03. The highest BCUT2D eigenvalue weighted by Gasteiger charge is 2.34. The number of dihydropyridines is 1. The van der Waals surface area contributed by atoms with Crippen molar-refractivity contribution in [1.82, 2.24) is 25.4 Å². The van der Waals surface area contributed by atoms with Crippen molar-refractivity contribution in [2.75, 3.05) is 18.5 Å². The molecule has 0 saturated heterocycles. The highest BCUT2D eigenvalue weighted by atomic mass is 19.4. The smallest absolute Gasteiger partial charge is 0.386 e. The van der Waals surface area contributed by atoms with Crippen LogP contribution in [0.15, 0.2) is 36.3 Å². The van der Waals surface area contributed by atoms with E-state index in [-0.39, 0.29) is 24.0 Å². The minimum Gasteiger partial charge on any atom is -0.386 e. The van der Waals surface area contributed by atoms with Gasteiger partial charge >= 0.3 is 6.18 Å². The fourth-order valence-corrected chi connectivity index (χ4v) is 3.63. The predicted molar refractivity (Wildman–Crippen MR) is 106 cm³/mol. The molecule has 2 aliphatic rings. The summed E-state index contributed by atoms with van der Waals surface area (Å²) in [4.78, 5) is 30.8. The van der Waals surface area contributed by atoms with Gasteiger partial charge in [-0.2, -0.15) is 18.3 Å². The van der Waals surface area contributed by atoms with E-state index in [0.29, 0.717) is 34.6 Å². The van der Waals surface area contributed by atoms with Crippen molar-refractivity contribution in [2.45, 2.75) is 26.2 Å². The largest absolute Gasteiger partial charge is 0.408 e. The molecule has 2 aromatic rings. The molecule has 2 amide bonds. The second-order valence-electron chi connectivity index (χ2n) is 7.28. The lowest BCUT2D eigenvalue weighted by molar-refractivity contribution is -0.142. The lowest BCUT2D eigenvalue weighted by atomic mass is 10.0. The van der Waals surface area contributed by atoms with Crippen molar-refractivity contribution < 1.29 is 22.8 Å². The van der Waals surface area contributed by atoms with Crippen LogP contribution in [-0.2, 0) is 17.9 Å². The SMILES string of the molecule is CNC(=O)C1=CNCC(c2cc(C)c3c(n2)CN(c2cnn(CC(F)(F)F)c2)C3=O)=C1. The molecule has 0 radical (unpaired) electrons. The van der Waals surface area contributed by atoms with Gasteiger partial charge in [0.25, 0.3) is 11.8 Å². The van der Waals surface area contributed by atoms with Crippen LogP contribution in [0.1, 0.15) is 27.3 Å². The van der Waals surface area contributed by atoms with E-state index in [1.54, 1.807) is 32.3 Å². The van der Waals surface area contributed by atoms with E-state index in [1.165, 1.54) is 17.3 Å². The standard InChI is InChI=1S/C20H19F3N6O2/c1-11-3-15(12-4-13(6-25-5-12)18(30)24-2)27-16-9-29(19(31)17(11)16)14-7-26-28(8-14)10-20(21,22)23/h3-4,6-8,25H,5,9-10H2,1-2H3,(H,24,30). The number of hydrogen-bond donors (Lipinski definition) is 2. The molecule has 162 valence electrons. The van der Waals surface area contributed by atoms with E-state index in [2.05, 4.69) is 20.7 Å². The monoisotopic (exact) mass is 432 g/mol. The Balaban J connectivity index is 1.62. The molecule has 2 aliphatic heterocycles. The Labute approximate surface area is 175 Å². The van der Waals surface area contributed by atoms with Crippen molar-refractivity contribution in [3.8, 4) is 0 Å². The Kier molecular flexibility index (Phi) is 5.03. The van der Waals surface area contributed by atoms with Crippen molar-refractivity contribution in [3.63, 3.8) is 0 Å². The molecule has 4 heterocycles. The minimum atomic E-state index is -4.40. The van der Waals surface area contributed by atoms with Crippen molar-refractivity contribution in [1.29, 1.82) is 0 Å². The molecule has 0 bridgehead atoms. The normalized spacial score (nSPS) is 15.9. The first-order valence-corrected chi connectivity index (χ1v) is 9.44. The van der Waals surface area contributed by atoms with Crippen LogP contribution in [0.4, 0.5) is 18.9 Å². The van der Waals surface area contributed by atoms with Crippen molar-refractivity contribution >= 4 is 23.1 Å². The average molecular weight is 432 g/mol. The average Bonchev–Trinajstić information content (AvgIpc) is 3.30. The zero-order valence-corrected chi connectivity index (χ0v) is 16.7. The zero-order chi connectivity index (χ0) is 22.3. The van der Waals surface area contributed by atoms with Gasteiger partial charge in [0.1, 0.15) is 6.54 Å². The summed E-state index contributed by atoms with van der Waals surface area (Å²) >= 11 is 0. The highest BCUT2D eigenvalue weighted by molar-refractivity contribution is 6.10. The van der Waals surface area contributed by atoms with Gasteiger partial charge in [-0.3, -0.25) is 24.2 Å². The highest BCUT2D eigenvalue weighted by Crippen LogP contribution is 2.31. The van der Waals surface area contributed by atoms with Crippen LogP contribution >= 0.6 is 0 Å². The Bertz CT molecular complexity index is 1130. The summed E-state index contributed by atoms with van der Waals surface area (Å²) in [7, 11) is 1.54. The fraction of sp³-hybridized carbons (Fsp3) is 0.300. The third-order valence-corrected chi connectivity index (χ3v) is 5.03. The number of amides is 2. The lowest BCUT2D eigenvalue weighted by Crippen LogP contribution is -2.25. The molecule has 0 saturated carbocycles. The molecule has 0 aliphatic carbocycles. The Morgan fingerprint density at radius 3 is 2.84 bits per heavy atom. The van der Waals surface area contributed by atoms with Crippen molar-refractivity contribution in [2.24, 2.45) is 0 Å². The van der Waals surface area contributed by atoms with Gasteiger partial charge in [0.05, 0.1) is 41.0 Å². The van der Waals surface area contributed by atoms with E-state index in [0.717, 1.165) is 10.3 Å². The van der Waals surface area contributed by atoms with Crippen LogP contribution in [0.5, 0.6) is 0 Å². The van der Waals surface area contributed by atoms with Crippen LogP contribution in [0.2, 0.25) is 0 Å². The first-order chi connectivity index (χ1) is 14.7. The van der Waals surface area contributed by atoms with Crippen LogP contribution in [0, 0.1) is 6.92 Å². The van der Waals surface area contributed by atoms with E-state index >= 15 is 0 Å². The molecule has 8 nitrogen and oxygen atoms in total. The molecule has 0 fully saturated rings. The molecule has 0 spiro atoms. The summed E-state index contributed by atoms with van der Waals surface area (Å²) < 4.78 is 38.6. The summed E-state index contributed by atoms with van der Waals surface area (Å²) in [6, 6.07) is 1.77. The Morgan fingerprint density at radius 1 is 1.35 bits per heavy atom. The third kappa shape index (κ3) is 4.03. The second-order valence-corrected chi connectivity index (χ2v) is 7.28. The molecule has 0 atom stereocenters. The number of pyridine rings is 1. The number of likely N-dealkylation sites (N-methyl/N-ethyl adjacent to an activating group) is 1. The van der Waals surface area contributed by atoms with E-state index < -0.39 is 12.7 Å². The molecule has 0 aromatic carbocycles. The molecule has 0 unspecified atom stereocenters. The van der Waals surface area contributed by atoms with Gasteiger partial charge in [-0.25, -0.2) is 0 Å². The molecule has 11 heteroatoms. The summed E-state index contributed by atoms with van der Waals surface area (Å²) in [5.74, 6) is -0.570. The zero-order valence-electron chi connectivity index (χ0n) is 16.7. The fourth-order valence-electron chi connectivity index (χ4n) is 3.63. The molecular formula is C20H19F3N6O2. The van der Waals surface area contributed by atoms with Crippen LogP contribution < -0.4 is 15.5 Å². The lowest BCUT2D eigenvalue weighted by Gasteiger charge is -2.15. The predicted octanol–water partition coefficient (Wildman–Crippen LogP) is 1.93. The second kappa shape index (κ2) is 7.56. The number of nitrogens with one attached hydrogen (secondary N) is 2. The minimum absolute atomic E-state index is 0.124. The quantitative estimate of drug-likeness (QED) is 0.771. The molecule has 4 rings (SSSR count). The maximum atomic E-state index is 12.9. The number of carbonyl (C=O) groups is 2. The van der Waals surface area contributed by atoms with E-state index in [1.807, 2.05) is 0 Å². The molecule has 2 aromatic heterocycles. The van der Waals surface area contributed by atoms with E-state index in [9.17, 15) is 22.8 Å². The van der Waals surface area contributed by atoms with Crippen molar-refractivity contribution in [3.05, 3.63) is 58.8 Å². The Morgan fingerprint density at radius 2 is 2.13 bits per heavy atom. The van der Waals surface area contributed by atoms with Gasteiger partial charge in [-0.1, -0.05) is 0 Å². The maximum Gasteiger partial charge on any atom is 0.408 e. The number of alkyl halides is 3. The number of aryl methyl sites for hydroxylation is 1. The summed E-state index contributed by atoms with van der Waals surface area (Å²) in [5, 5.41) is 9.31. The summed E-state index contributed by atoms with van der Waals surface area (Å²) in [6.45, 7) is 1.14. The number of hydrogen-bond acceptors (Lipinski definition) is 5. The number of nitrogens with zero attached hydrogens (tertiary/aromatic N) is 4. The molecule has 2 N–H and O–H groups in total. The van der Waals surface area contributed by atoms with Crippen LogP contribution in [0.25, 0.3) is 5.57 Å². The van der Waals surface area contributed by atoms with Gasteiger partial charge < -0.3 is 10.6 Å². The number of aromatic nitrogens is 3. The van der Waals surface area contributed by atoms with Gasteiger partial charge in [0.2, 0.25) is 0 Å². The number of fused-ring (bicyclic) bond motifs is 1. The Hall–Kier alpha value is -3.63. The van der Waals surface area contributed by atoms with Crippen LogP contribution in [0.3, 0.4) is 0 Å². The molecular weight excluding hydrogens is 413 g/mol. The van der Waals surface area contributed by atoms with Gasteiger partial charge in [0, 0.05) is 26.0 Å². The number of anilines is 1. The number of carbonyl (C=O) groups excluding carboxylic acids is 2.